The van der Waals surface area contributed by atoms with Gasteiger partial charge in [-0.25, -0.2) is 4.98 Å². The molecular weight excluding hydrogens is 248 g/mol. The van der Waals surface area contributed by atoms with Gasteiger partial charge in [-0.05, 0) is 30.5 Å². The molecule has 3 nitrogen and oxygen atoms in total. The van der Waals surface area contributed by atoms with E-state index in [1.165, 1.54) is 31.2 Å². The van der Waals surface area contributed by atoms with Crippen molar-refractivity contribution in [1.29, 1.82) is 0 Å². The fourth-order valence-electron chi connectivity index (χ4n) is 2.03. The largest absolute Gasteiger partial charge is 0.478 e. The normalized spacial score (nSPS) is 11.0. The van der Waals surface area contributed by atoms with Gasteiger partial charge in [-0.1, -0.05) is 46.5 Å². The molecule has 0 radical (unpaired) electrons. The Hall–Kier alpha value is -1.09. The molecule has 114 valence electrons. The second kappa shape index (κ2) is 10.7. The lowest BCUT2D eigenvalue weighted by atomic mass is 10.2. The molecule has 1 aromatic heterocycles. The van der Waals surface area contributed by atoms with Gasteiger partial charge in [0, 0.05) is 18.8 Å². The Morgan fingerprint density at radius 2 is 2.00 bits per heavy atom. The van der Waals surface area contributed by atoms with E-state index < -0.39 is 0 Å². The minimum Gasteiger partial charge on any atom is -0.478 e. The van der Waals surface area contributed by atoms with E-state index in [1.807, 2.05) is 18.3 Å². The molecule has 0 bridgehead atoms. The Balaban J connectivity index is 2.22. The lowest BCUT2D eigenvalue weighted by Crippen LogP contribution is -2.19. The molecule has 1 rings (SSSR count). The predicted octanol–water partition coefficient (Wildman–Crippen LogP) is 4.18. The van der Waals surface area contributed by atoms with Crippen molar-refractivity contribution >= 4 is 0 Å². The highest BCUT2D eigenvalue weighted by Gasteiger charge is 1.99. The van der Waals surface area contributed by atoms with Crippen molar-refractivity contribution in [2.24, 2.45) is 5.92 Å². The van der Waals surface area contributed by atoms with Gasteiger partial charge in [0.2, 0.25) is 5.88 Å². The monoisotopic (exact) mass is 278 g/mol. The first-order valence-electron chi connectivity index (χ1n) is 8.00. The van der Waals surface area contributed by atoms with Crippen molar-refractivity contribution in [3.8, 4) is 5.88 Å². The summed E-state index contributed by atoms with van der Waals surface area (Å²) in [6.45, 7) is 9.36. The molecule has 0 atom stereocenters. The summed E-state index contributed by atoms with van der Waals surface area (Å²) in [6.07, 6.45) is 8.13. The third-order valence-corrected chi connectivity index (χ3v) is 3.18. The van der Waals surface area contributed by atoms with Crippen molar-refractivity contribution in [3.05, 3.63) is 23.9 Å². The molecule has 0 unspecified atom stereocenters. The minimum atomic E-state index is 0.677. The number of aromatic nitrogens is 1. The van der Waals surface area contributed by atoms with Crippen molar-refractivity contribution in [3.63, 3.8) is 0 Å². The summed E-state index contributed by atoms with van der Waals surface area (Å²) in [4.78, 5) is 4.27. The number of ether oxygens (including phenoxy) is 1. The lowest BCUT2D eigenvalue weighted by molar-refractivity contribution is 0.293. The van der Waals surface area contributed by atoms with Gasteiger partial charge in [0.05, 0.1) is 6.61 Å². The predicted molar refractivity (Wildman–Crippen MR) is 85.0 cm³/mol. The van der Waals surface area contributed by atoms with Crippen molar-refractivity contribution in [2.45, 2.75) is 59.4 Å². The molecule has 0 amide bonds. The summed E-state index contributed by atoms with van der Waals surface area (Å²) in [5.41, 5.74) is 1.24. The number of nitrogens with zero attached hydrogens (tertiary/aromatic N) is 1. The summed E-state index contributed by atoms with van der Waals surface area (Å²) in [7, 11) is 0. The quantitative estimate of drug-likeness (QED) is 0.617. The maximum atomic E-state index is 5.72. The van der Waals surface area contributed by atoms with Crippen LogP contribution in [0.15, 0.2) is 18.3 Å². The molecule has 0 aliphatic rings. The summed E-state index contributed by atoms with van der Waals surface area (Å²) in [5, 5.41) is 3.44. The van der Waals surface area contributed by atoms with Crippen molar-refractivity contribution in [1.82, 2.24) is 10.3 Å². The highest BCUT2D eigenvalue weighted by Crippen LogP contribution is 2.10. The molecule has 1 aromatic rings. The van der Waals surface area contributed by atoms with Crippen LogP contribution in [0.4, 0.5) is 0 Å². The second-order valence-electron chi connectivity index (χ2n) is 5.79. The number of rotatable bonds is 11. The summed E-state index contributed by atoms with van der Waals surface area (Å²) < 4.78 is 5.72. The van der Waals surface area contributed by atoms with E-state index in [0.29, 0.717) is 5.92 Å². The Bertz CT molecular complexity index is 353. The van der Waals surface area contributed by atoms with Crippen LogP contribution in [0.25, 0.3) is 0 Å². The van der Waals surface area contributed by atoms with Crippen molar-refractivity contribution in [2.75, 3.05) is 13.2 Å². The SMILES string of the molecule is CCCCCCCOc1cc(CNCC(C)C)ccn1. The van der Waals surface area contributed by atoms with Gasteiger partial charge < -0.3 is 10.1 Å². The number of hydrogen-bond acceptors (Lipinski definition) is 3. The van der Waals surface area contributed by atoms with Crippen LogP contribution in [-0.4, -0.2) is 18.1 Å². The number of hydrogen-bond donors (Lipinski definition) is 1. The van der Waals surface area contributed by atoms with Gasteiger partial charge in [-0.2, -0.15) is 0 Å². The Kier molecular flexibility index (Phi) is 9.05. The van der Waals surface area contributed by atoms with E-state index in [4.69, 9.17) is 4.74 Å². The first kappa shape index (κ1) is 17.0. The molecule has 0 aromatic carbocycles. The highest BCUT2D eigenvalue weighted by molar-refractivity contribution is 5.20. The third-order valence-electron chi connectivity index (χ3n) is 3.18. The maximum absolute atomic E-state index is 5.72. The molecule has 0 fully saturated rings. The van der Waals surface area contributed by atoms with Gasteiger partial charge in [0.25, 0.3) is 0 Å². The van der Waals surface area contributed by atoms with Crippen LogP contribution < -0.4 is 10.1 Å². The minimum absolute atomic E-state index is 0.677. The zero-order chi connectivity index (χ0) is 14.6. The van der Waals surface area contributed by atoms with Gasteiger partial charge in [0.1, 0.15) is 0 Å². The molecular formula is C17H30N2O. The van der Waals surface area contributed by atoms with Gasteiger partial charge in [-0.15, -0.1) is 0 Å². The molecule has 0 aliphatic heterocycles. The number of unbranched alkanes of at least 4 members (excludes halogenated alkanes) is 4. The van der Waals surface area contributed by atoms with Crippen LogP contribution in [0.3, 0.4) is 0 Å². The molecule has 1 N–H and O–H groups in total. The lowest BCUT2D eigenvalue weighted by Gasteiger charge is -2.09. The molecule has 3 heteroatoms. The van der Waals surface area contributed by atoms with E-state index in [2.05, 4.69) is 31.1 Å². The smallest absolute Gasteiger partial charge is 0.213 e. The Morgan fingerprint density at radius 1 is 1.20 bits per heavy atom. The van der Waals surface area contributed by atoms with Crippen LogP contribution in [0, 0.1) is 5.92 Å². The first-order chi connectivity index (χ1) is 9.72. The molecule has 1 heterocycles. The average molecular weight is 278 g/mol. The third kappa shape index (κ3) is 8.16. The molecule has 0 saturated heterocycles. The Morgan fingerprint density at radius 3 is 2.75 bits per heavy atom. The molecule has 20 heavy (non-hydrogen) atoms. The van der Waals surface area contributed by atoms with E-state index in [9.17, 15) is 0 Å². The highest BCUT2D eigenvalue weighted by atomic mass is 16.5. The first-order valence-corrected chi connectivity index (χ1v) is 8.00. The molecule has 0 spiro atoms. The van der Waals surface area contributed by atoms with Gasteiger partial charge in [-0.3, -0.25) is 0 Å². The fourth-order valence-corrected chi connectivity index (χ4v) is 2.03. The van der Waals surface area contributed by atoms with Crippen LogP contribution in [0.1, 0.15) is 58.4 Å². The zero-order valence-corrected chi connectivity index (χ0v) is 13.3. The fraction of sp³-hybridized carbons (Fsp3) is 0.706. The molecule has 0 aliphatic carbocycles. The second-order valence-corrected chi connectivity index (χ2v) is 5.79. The van der Waals surface area contributed by atoms with Crippen LogP contribution in [-0.2, 0) is 6.54 Å². The maximum Gasteiger partial charge on any atom is 0.213 e. The van der Waals surface area contributed by atoms with Crippen LogP contribution in [0.2, 0.25) is 0 Å². The van der Waals surface area contributed by atoms with E-state index in [-0.39, 0.29) is 0 Å². The summed E-state index contributed by atoms with van der Waals surface area (Å²) in [5.74, 6) is 1.43. The Labute approximate surface area is 124 Å². The van der Waals surface area contributed by atoms with E-state index in [1.54, 1.807) is 0 Å². The van der Waals surface area contributed by atoms with Gasteiger partial charge in [0.15, 0.2) is 0 Å². The van der Waals surface area contributed by atoms with E-state index >= 15 is 0 Å². The standard InChI is InChI=1S/C17H30N2O/c1-4-5-6-7-8-11-20-17-12-16(9-10-19-17)14-18-13-15(2)3/h9-10,12,15,18H,4-8,11,13-14H2,1-3H3. The number of pyridine rings is 1. The zero-order valence-electron chi connectivity index (χ0n) is 13.3. The topological polar surface area (TPSA) is 34.1 Å². The van der Waals surface area contributed by atoms with Crippen molar-refractivity contribution < 1.29 is 4.74 Å². The summed E-state index contributed by atoms with van der Waals surface area (Å²) >= 11 is 0. The average Bonchev–Trinajstić information content (AvgIpc) is 2.43. The molecule has 0 saturated carbocycles. The van der Waals surface area contributed by atoms with Gasteiger partial charge >= 0.3 is 0 Å². The summed E-state index contributed by atoms with van der Waals surface area (Å²) in [6, 6.07) is 4.08. The van der Waals surface area contributed by atoms with Crippen LogP contribution in [0.5, 0.6) is 5.88 Å². The van der Waals surface area contributed by atoms with E-state index in [0.717, 1.165) is 32.0 Å². The van der Waals surface area contributed by atoms with Crippen LogP contribution >= 0.6 is 0 Å². The number of nitrogens with one attached hydrogen (secondary N) is 1.